The van der Waals surface area contributed by atoms with Crippen molar-refractivity contribution in [2.75, 3.05) is 25.5 Å². The summed E-state index contributed by atoms with van der Waals surface area (Å²) in [5.74, 6) is -1.09. The van der Waals surface area contributed by atoms with Crippen molar-refractivity contribution in [2.45, 2.75) is 26.7 Å². The third-order valence-corrected chi connectivity index (χ3v) is 3.14. The number of nitrogens with zero attached hydrogens (tertiary/aromatic N) is 1. The lowest BCUT2D eigenvalue weighted by Gasteiger charge is -2.18. The first-order chi connectivity index (χ1) is 9.38. The number of aryl methyl sites for hydroxylation is 1. The van der Waals surface area contributed by atoms with E-state index >= 15 is 0 Å². The Morgan fingerprint density at radius 1 is 1.35 bits per heavy atom. The van der Waals surface area contributed by atoms with E-state index in [0.717, 1.165) is 11.1 Å². The molecule has 5 nitrogen and oxygen atoms in total. The minimum absolute atomic E-state index is 0.136. The molecule has 0 radical (unpaired) electrons. The molecule has 110 valence electrons. The summed E-state index contributed by atoms with van der Waals surface area (Å²) >= 11 is 0. The highest BCUT2D eigenvalue weighted by atomic mass is 16.3. The molecule has 2 amide bonds. The molecule has 0 aliphatic heterocycles. The van der Waals surface area contributed by atoms with Crippen molar-refractivity contribution in [1.29, 1.82) is 0 Å². The highest BCUT2D eigenvalue weighted by Gasteiger charge is 2.20. The molecule has 0 aromatic heterocycles. The van der Waals surface area contributed by atoms with Crippen LogP contribution in [-0.4, -0.2) is 42.0 Å². The lowest BCUT2D eigenvalue weighted by atomic mass is 9.98. The number of carbonyl (C=O) groups is 2. The number of nitrogens with one attached hydrogen (secondary N) is 1. The molecule has 1 aromatic carbocycles. The largest absolute Gasteiger partial charge is 0.395 e. The first-order valence-electron chi connectivity index (χ1n) is 6.65. The number of aliphatic hydroxyl groups is 1. The molecule has 5 heteroatoms. The maximum Gasteiger partial charge on any atom is 0.313 e. The Hall–Kier alpha value is -1.88. The summed E-state index contributed by atoms with van der Waals surface area (Å²) in [6.45, 7) is 5.92. The van der Waals surface area contributed by atoms with Crippen LogP contribution in [0.25, 0.3) is 0 Å². The second kappa shape index (κ2) is 7.05. The summed E-state index contributed by atoms with van der Waals surface area (Å²) in [5, 5.41) is 11.5. The number of amides is 2. The number of benzene rings is 1. The predicted molar refractivity (Wildman–Crippen MR) is 78.6 cm³/mol. The van der Waals surface area contributed by atoms with Gasteiger partial charge in [0, 0.05) is 19.3 Å². The Kier molecular flexibility index (Phi) is 5.70. The van der Waals surface area contributed by atoms with Crippen molar-refractivity contribution in [1.82, 2.24) is 4.90 Å². The number of para-hydroxylation sites is 1. The number of anilines is 1. The van der Waals surface area contributed by atoms with Gasteiger partial charge in [-0.2, -0.15) is 0 Å². The first kappa shape index (κ1) is 16.2. The van der Waals surface area contributed by atoms with Gasteiger partial charge < -0.3 is 15.3 Å². The van der Waals surface area contributed by atoms with Gasteiger partial charge >= 0.3 is 11.8 Å². The summed E-state index contributed by atoms with van der Waals surface area (Å²) in [5.41, 5.74) is 2.61. The molecule has 2 N–H and O–H groups in total. The number of hydrogen-bond donors (Lipinski definition) is 2. The van der Waals surface area contributed by atoms with Gasteiger partial charge in [-0.25, -0.2) is 0 Å². The Bertz CT molecular complexity index is 498. The topological polar surface area (TPSA) is 69.6 Å². The van der Waals surface area contributed by atoms with E-state index in [4.69, 9.17) is 5.11 Å². The van der Waals surface area contributed by atoms with Crippen LogP contribution in [0.2, 0.25) is 0 Å². The second-order valence-corrected chi connectivity index (χ2v) is 5.10. The number of aliphatic hydroxyl groups excluding tert-OH is 1. The minimum atomic E-state index is -0.683. The number of rotatable bonds is 4. The molecule has 0 saturated heterocycles. The molecule has 0 unspecified atom stereocenters. The molecule has 0 fully saturated rings. The van der Waals surface area contributed by atoms with E-state index in [9.17, 15) is 9.59 Å². The van der Waals surface area contributed by atoms with Gasteiger partial charge in [-0.05, 0) is 24.0 Å². The van der Waals surface area contributed by atoms with Gasteiger partial charge in [0.1, 0.15) is 0 Å². The van der Waals surface area contributed by atoms with Crippen molar-refractivity contribution < 1.29 is 14.7 Å². The average Bonchev–Trinajstić information content (AvgIpc) is 2.39. The van der Waals surface area contributed by atoms with Crippen LogP contribution in [-0.2, 0) is 9.59 Å². The summed E-state index contributed by atoms with van der Waals surface area (Å²) in [6, 6.07) is 5.76. The highest BCUT2D eigenvalue weighted by molar-refractivity contribution is 6.39. The van der Waals surface area contributed by atoms with Crippen molar-refractivity contribution in [3.05, 3.63) is 29.3 Å². The van der Waals surface area contributed by atoms with E-state index in [1.165, 1.54) is 11.9 Å². The van der Waals surface area contributed by atoms with Crippen LogP contribution in [0, 0.1) is 6.92 Å². The van der Waals surface area contributed by atoms with E-state index in [2.05, 4.69) is 5.32 Å². The third kappa shape index (κ3) is 3.81. The maximum absolute atomic E-state index is 12.0. The molecule has 20 heavy (non-hydrogen) atoms. The standard InChI is InChI=1S/C15H22N2O3/c1-10(2)12-7-5-6-11(3)13(12)16-14(19)15(20)17(4)8-9-18/h5-7,10,18H,8-9H2,1-4H3,(H,16,19). The van der Waals surface area contributed by atoms with Gasteiger partial charge in [0.15, 0.2) is 0 Å². The molecule has 0 bridgehead atoms. The third-order valence-electron chi connectivity index (χ3n) is 3.14. The van der Waals surface area contributed by atoms with Crippen molar-refractivity contribution in [3.63, 3.8) is 0 Å². The lowest BCUT2D eigenvalue weighted by Crippen LogP contribution is -2.38. The van der Waals surface area contributed by atoms with E-state index in [1.54, 1.807) is 0 Å². The molecule has 1 rings (SSSR count). The molecule has 0 aliphatic carbocycles. The summed E-state index contributed by atoms with van der Waals surface area (Å²) in [6.07, 6.45) is 0. The summed E-state index contributed by atoms with van der Waals surface area (Å²) in [7, 11) is 1.49. The zero-order valence-corrected chi connectivity index (χ0v) is 12.4. The predicted octanol–water partition coefficient (Wildman–Crippen LogP) is 1.51. The lowest BCUT2D eigenvalue weighted by molar-refractivity contribution is -0.142. The smallest absolute Gasteiger partial charge is 0.313 e. The van der Waals surface area contributed by atoms with Crippen molar-refractivity contribution in [3.8, 4) is 0 Å². The van der Waals surface area contributed by atoms with E-state index < -0.39 is 11.8 Å². The zero-order chi connectivity index (χ0) is 15.3. The fourth-order valence-electron chi connectivity index (χ4n) is 1.93. The van der Waals surface area contributed by atoms with Crippen LogP contribution in [0.1, 0.15) is 30.9 Å². The number of carbonyl (C=O) groups excluding carboxylic acids is 2. The van der Waals surface area contributed by atoms with Gasteiger partial charge in [-0.3, -0.25) is 9.59 Å². The molecule has 0 spiro atoms. The van der Waals surface area contributed by atoms with E-state index in [0.29, 0.717) is 5.69 Å². The maximum atomic E-state index is 12.0. The van der Waals surface area contributed by atoms with Gasteiger partial charge in [0.2, 0.25) is 0 Å². The molecular formula is C15H22N2O3. The quantitative estimate of drug-likeness (QED) is 0.820. The van der Waals surface area contributed by atoms with Crippen LogP contribution >= 0.6 is 0 Å². The molecular weight excluding hydrogens is 256 g/mol. The number of hydrogen-bond acceptors (Lipinski definition) is 3. The SMILES string of the molecule is Cc1cccc(C(C)C)c1NC(=O)C(=O)N(C)CCO. The minimum Gasteiger partial charge on any atom is -0.395 e. The number of likely N-dealkylation sites (N-methyl/N-ethyl adjacent to an activating group) is 1. The van der Waals surface area contributed by atoms with Crippen molar-refractivity contribution in [2.24, 2.45) is 0 Å². The first-order valence-corrected chi connectivity index (χ1v) is 6.65. The van der Waals surface area contributed by atoms with Crippen molar-refractivity contribution >= 4 is 17.5 Å². The average molecular weight is 278 g/mol. The fourth-order valence-corrected chi connectivity index (χ4v) is 1.93. The molecule has 0 heterocycles. The Labute approximate surface area is 119 Å². The monoisotopic (exact) mass is 278 g/mol. The van der Waals surface area contributed by atoms with Crippen LogP contribution < -0.4 is 5.32 Å². The molecule has 0 saturated carbocycles. The van der Waals surface area contributed by atoms with E-state index in [1.807, 2.05) is 39.0 Å². The molecule has 0 atom stereocenters. The summed E-state index contributed by atoms with van der Waals surface area (Å²) < 4.78 is 0. The van der Waals surface area contributed by atoms with Gasteiger partial charge in [-0.1, -0.05) is 32.0 Å². The van der Waals surface area contributed by atoms with Crippen LogP contribution in [0.4, 0.5) is 5.69 Å². The molecule has 1 aromatic rings. The Balaban J connectivity index is 2.93. The molecule has 0 aliphatic rings. The van der Waals surface area contributed by atoms with E-state index in [-0.39, 0.29) is 19.1 Å². The second-order valence-electron chi connectivity index (χ2n) is 5.10. The Morgan fingerprint density at radius 2 is 2.00 bits per heavy atom. The van der Waals surface area contributed by atoms with Crippen LogP contribution in [0.15, 0.2) is 18.2 Å². The Morgan fingerprint density at radius 3 is 2.55 bits per heavy atom. The van der Waals surface area contributed by atoms with Gasteiger partial charge in [0.25, 0.3) is 0 Å². The highest BCUT2D eigenvalue weighted by Crippen LogP contribution is 2.27. The normalized spacial score (nSPS) is 10.5. The van der Waals surface area contributed by atoms with Gasteiger partial charge in [-0.15, -0.1) is 0 Å². The zero-order valence-electron chi connectivity index (χ0n) is 12.4. The summed E-state index contributed by atoms with van der Waals surface area (Å²) in [4.78, 5) is 25.0. The van der Waals surface area contributed by atoms with Crippen LogP contribution in [0.5, 0.6) is 0 Å². The fraction of sp³-hybridized carbons (Fsp3) is 0.467. The van der Waals surface area contributed by atoms with Crippen LogP contribution in [0.3, 0.4) is 0 Å². The van der Waals surface area contributed by atoms with Gasteiger partial charge in [0.05, 0.1) is 6.61 Å².